The molecule has 128 valence electrons. The fraction of sp³-hybridized carbons (Fsp3) is 0.474. The first kappa shape index (κ1) is 17.2. The Kier molecular flexibility index (Phi) is 4.54. The molecule has 0 aliphatic carbocycles. The van der Waals surface area contributed by atoms with Crippen LogP contribution in [0.2, 0.25) is 5.02 Å². The minimum absolute atomic E-state index is 0.00225. The van der Waals surface area contributed by atoms with Gasteiger partial charge in [0.25, 0.3) is 0 Å². The third-order valence-electron chi connectivity index (χ3n) is 4.72. The molecular formula is C19H24ClN3O. The molecular weight excluding hydrogens is 322 g/mol. The van der Waals surface area contributed by atoms with Gasteiger partial charge in [0, 0.05) is 23.5 Å². The lowest BCUT2D eigenvalue weighted by Gasteiger charge is -2.39. The highest BCUT2D eigenvalue weighted by Gasteiger charge is 2.34. The van der Waals surface area contributed by atoms with Gasteiger partial charge in [-0.3, -0.25) is 0 Å². The van der Waals surface area contributed by atoms with Crippen molar-refractivity contribution in [2.75, 3.05) is 18.0 Å². The van der Waals surface area contributed by atoms with E-state index in [1.54, 1.807) is 0 Å². The number of hydrogen-bond acceptors (Lipinski definition) is 4. The molecule has 0 amide bonds. The van der Waals surface area contributed by atoms with Crippen LogP contribution in [-0.4, -0.2) is 28.4 Å². The number of nitrogens with zero attached hydrogens (tertiary/aromatic N) is 3. The fourth-order valence-electron chi connectivity index (χ4n) is 3.05. The molecule has 1 aromatic heterocycles. The third kappa shape index (κ3) is 3.55. The Morgan fingerprint density at radius 2 is 1.62 bits per heavy atom. The summed E-state index contributed by atoms with van der Waals surface area (Å²) < 4.78 is 0. The minimum atomic E-state index is -0.792. The van der Waals surface area contributed by atoms with Crippen molar-refractivity contribution in [3.63, 3.8) is 0 Å². The molecule has 24 heavy (non-hydrogen) atoms. The molecule has 0 radical (unpaired) electrons. The highest BCUT2D eigenvalue weighted by molar-refractivity contribution is 6.30. The van der Waals surface area contributed by atoms with Gasteiger partial charge in [0.2, 0.25) is 0 Å². The second kappa shape index (κ2) is 6.34. The maximum Gasteiger partial charge on any atom is 0.151 e. The van der Waals surface area contributed by atoms with Crippen molar-refractivity contribution in [3.8, 4) is 0 Å². The quantitative estimate of drug-likeness (QED) is 0.896. The van der Waals surface area contributed by atoms with Crippen LogP contribution in [-0.2, 0) is 11.0 Å². The zero-order valence-corrected chi connectivity index (χ0v) is 15.2. The monoisotopic (exact) mass is 345 g/mol. The molecule has 1 fully saturated rings. The summed E-state index contributed by atoms with van der Waals surface area (Å²) in [7, 11) is 0. The highest BCUT2D eigenvalue weighted by Crippen LogP contribution is 2.34. The highest BCUT2D eigenvalue weighted by atomic mass is 35.5. The summed E-state index contributed by atoms with van der Waals surface area (Å²) in [5.74, 6) is 0.876. The van der Waals surface area contributed by atoms with E-state index in [0.29, 0.717) is 17.9 Å². The van der Waals surface area contributed by atoms with Crippen molar-refractivity contribution >= 4 is 17.4 Å². The zero-order valence-electron chi connectivity index (χ0n) is 14.5. The Morgan fingerprint density at radius 1 is 1.00 bits per heavy atom. The van der Waals surface area contributed by atoms with Crippen molar-refractivity contribution in [3.05, 3.63) is 52.7 Å². The second-order valence-electron chi connectivity index (χ2n) is 7.55. The summed E-state index contributed by atoms with van der Waals surface area (Å²) in [6.45, 7) is 7.89. The summed E-state index contributed by atoms with van der Waals surface area (Å²) in [5, 5.41) is 20.4. The van der Waals surface area contributed by atoms with Crippen LogP contribution in [0, 0.1) is 0 Å². The first-order valence-electron chi connectivity index (χ1n) is 8.36. The van der Waals surface area contributed by atoms with Crippen LogP contribution in [0.4, 0.5) is 5.82 Å². The third-order valence-corrected chi connectivity index (χ3v) is 4.97. The van der Waals surface area contributed by atoms with Crippen LogP contribution in [0.25, 0.3) is 0 Å². The number of anilines is 1. The van der Waals surface area contributed by atoms with Crippen molar-refractivity contribution in [2.45, 2.75) is 44.6 Å². The van der Waals surface area contributed by atoms with Crippen molar-refractivity contribution < 1.29 is 5.11 Å². The van der Waals surface area contributed by atoms with Crippen molar-refractivity contribution in [1.29, 1.82) is 0 Å². The molecule has 1 aliphatic heterocycles. The number of rotatable bonds is 2. The van der Waals surface area contributed by atoms with Gasteiger partial charge in [0.1, 0.15) is 0 Å². The standard InChI is InChI=1S/C19H24ClN3O/c1-18(2,3)16-8-9-17(22-21-16)23-12-10-19(24,11-13-23)14-4-6-15(20)7-5-14/h4-9,24H,10-13H2,1-3H3. The summed E-state index contributed by atoms with van der Waals surface area (Å²) in [6, 6.07) is 11.6. The van der Waals surface area contributed by atoms with Crippen LogP contribution in [0.15, 0.2) is 36.4 Å². The van der Waals surface area contributed by atoms with E-state index >= 15 is 0 Å². The van der Waals surface area contributed by atoms with Crippen LogP contribution in [0.1, 0.15) is 44.9 Å². The van der Waals surface area contributed by atoms with E-state index < -0.39 is 5.60 Å². The lowest BCUT2D eigenvalue weighted by Crippen LogP contribution is -2.43. The molecule has 2 aromatic rings. The molecule has 4 nitrogen and oxygen atoms in total. The molecule has 0 atom stereocenters. The van der Waals surface area contributed by atoms with E-state index in [1.165, 1.54) is 0 Å². The Balaban J connectivity index is 1.69. The van der Waals surface area contributed by atoms with Gasteiger partial charge in [0.15, 0.2) is 5.82 Å². The van der Waals surface area contributed by atoms with Crippen molar-refractivity contribution in [1.82, 2.24) is 10.2 Å². The van der Waals surface area contributed by atoms with Crippen LogP contribution < -0.4 is 4.90 Å². The molecule has 1 saturated heterocycles. The summed E-state index contributed by atoms with van der Waals surface area (Å²) in [5.41, 5.74) is 1.13. The van der Waals surface area contributed by atoms with Gasteiger partial charge in [-0.25, -0.2) is 0 Å². The number of benzene rings is 1. The molecule has 5 heteroatoms. The SMILES string of the molecule is CC(C)(C)c1ccc(N2CCC(O)(c3ccc(Cl)cc3)CC2)nn1. The van der Waals surface area contributed by atoms with E-state index in [-0.39, 0.29) is 5.41 Å². The molecule has 0 saturated carbocycles. The van der Waals surface area contributed by atoms with Crippen LogP contribution in [0.5, 0.6) is 0 Å². The van der Waals surface area contributed by atoms with E-state index in [9.17, 15) is 5.11 Å². The largest absolute Gasteiger partial charge is 0.385 e. The average Bonchev–Trinajstić information content (AvgIpc) is 2.55. The molecule has 1 N–H and O–H groups in total. The Hall–Kier alpha value is -1.65. The maximum absolute atomic E-state index is 10.9. The number of piperidine rings is 1. The molecule has 3 rings (SSSR count). The van der Waals surface area contributed by atoms with E-state index in [4.69, 9.17) is 11.6 Å². The predicted octanol–water partition coefficient (Wildman–Crippen LogP) is 3.92. The molecule has 1 aliphatic rings. The predicted molar refractivity (Wildman–Crippen MR) is 97.5 cm³/mol. The van der Waals surface area contributed by atoms with Gasteiger partial charge < -0.3 is 10.0 Å². The van der Waals surface area contributed by atoms with Gasteiger partial charge in [-0.2, -0.15) is 5.10 Å². The first-order valence-corrected chi connectivity index (χ1v) is 8.73. The topological polar surface area (TPSA) is 49.2 Å². The molecule has 0 spiro atoms. The van der Waals surface area contributed by atoms with Crippen molar-refractivity contribution in [2.24, 2.45) is 0 Å². The number of aliphatic hydroxyl groups is 1. The summed E-state index contributed by atoms with van der Waals surface area (Å²) in [4.78, 5) is 2.18. The maximum atomic E-state index is 10.9. The Bertz CT molecular complexity index is 684. The van der Waals surface area contributed by atoms with Gasteiger partial charge in [-0.05, 0) is 42.7 Å². The van der Waals surface area contributed by atoms with Gasteiger partial charge in [0.05, 0.1) is 11.3 Å². The Morgan fingerprint density at radius 3 is 2.12 bits per heavy atom. The number of halogens is 1. The zero-order chi connectivity index (χ0) is 17.4. The van der Waals surface area contributed by atoms with E-state index in [2.05, 4.69) is 35.9 Å². The van der Waals surface area contributed by atoms with Crippen LogP contribution in [0.3, 0.4) is 0 Å². The van der Waals surface area contributed by atoms with Gasteiger partial charge in [-0.1, -0.05) is 44.5 Å². The average molecular weight is 346 g/mol. The van der Waals surface area contributed by atoms with Gasteiger partial charge in [-0.15, -0.1) is 5.10 Å². The van der Waals surface area contributed by atoms with E-state index in [1.807, 2.05) is 36.4 Å². The lowest BCUT2D eigenvalue weighted by atomic mass is 9.84. The Labute approximate surface area is 148 Å². The second-order valence-corrected chi connectivity index (χ2v) is 7.99. The molecule has 0 unspecified atom stereocenters. The lowest BCUT2D eigenvalue weighted by molar-refractivity contribution is 0.0116. The molecule has 1 aromatic carbocycles. The number of hydrogen-bond donors (Lipinski definition) is 1. The smallest absolute Gasteiger partial charge is 0.151 e. The normalized spacial score (nSPS) is 17.8. The fourth-order valence-corrected chi connectivity index (χ4v) is 3.17. The molecule has 2 heterocycles. The summed E-state index contributed by atoms with van der Waals surface area (Å²) >= 11 is 5.94. The van der Waals surface area contributed by atoms with E-state index in [0.717, 1.165) is 30.2 Å². The minimum Gasteiger partial charge on any atom is -0.385 e. The molecule has 0 bridgehead atoms. The summed E-state index contributed by atoms with van der Waals surface area (Å²) in [6.07, 6.45) is 1.33. The van der Waals surface area contributed by atoms with Gasteiger partial charge >= 0.3 is 0 Å². The number of aromatic nitrogens is 2. The van der Waals surface area contributed by atoms with Crippen LogP contribution >= 0.6 is 11.6 Å². The first-order chi connectivity index (χ1) is 11.3.